The van der Waals surface area contributed by atoms with Gasteiger partial charge in [-0.2, -0.15) is 0 Å². The molecule has 0 amide bonds. The second kappa shape index (κ2) is 7.35. The molecule has 4 heteroatoms. The highest BCUT2D eigenvalue weighted by Crippen LogP contribution is 2.05. The van der Waals surface area contributed by atoms with Crippen LogP contribution in [0, 0.1) is 6.92 Å². The molecule has 1 aromatic heterocycles. The lowest BCUT2D eigenvalue weighted by Crippen LogP contribution is -2.23. The molecule has 1 heterocycles. The fraction of sp³-hybridized carbons (Fsp3) is 0.692. The molecule has 4 nitrogen and oxygen atoms in total. The van der Waals surface area contributed by atoms with Crippen LogP contribution in [-0.2, 0) is 17.7 Å². The second-order valence-corrected chi connectivity index (χ2v) is 4.55. The molecular formula is C13H23N3O. The van der Waals surface area contributed by atoms with E-state index in [1.807, 2.05) is 6.20 Å². The average molecular weight is 237 g/mol. The number of aromatic nitrogens is 2. The minimum absolute atomic E-state index is 0.473. The number of nitrogens with zero attached hydrogens (tertiary/aromatic N) is 2. The van der Waals surface area contributed by atoms with Crippen LogP contribution in [0.2, 0.25) is 0 Å². The third-order valence-electron chi connectivity index (χ3n) is 2.55. The molecule has 1 N–H and O–H groups in total. The molecule has 0 spiro atoms. The van der Waals surface area contributed by atoms with Gasteiger partial charge < -0.3 is 10.1 Å². The van der Waals surface area contributed by atoms with Gasteiger partial charge in [0.25, 0.3) is 0 Å². The molecule has 1 rings (SSSR count). The van der Waals surface area contributed by atoms with E-state index in [2.05, 4.69) is 36.1 Å². The van der Waals surface area contributed by atoms with E-state index in [9.17, 15) is 0 Å². The average Bonchev–Trinajstić information content (AvgIpc) is 2.29. The highest BCUT2D eigenvalue weighted by molar-refractivity contribution is 5.15. The van der Waals surface area contributed by atoms with E-state index in [0.717, 1.165) is 43.1 Å². The molecule has 0 fully saturated rings. The van der Waals surface area contributed by atoms with Gasteiger partial charge in [0.15, 0.2) is 0 Å². The number of hydrogen-bond acceptors (Lipinski definition) is 4. The minimum Gasteiger partial charge on any atom is -0.385 e. The summed E-state index contributed by atoms with van der Waals surface area (Å²) in [5.74, 6) is 0.910. The zero-order chi connectivity index (χ0) is 12.7. The van der Waals surface area contributed by atoms with E-state index < -0.39 is 0 Å². The van der Waals surface area contributed by atoms with Crippen molar-refractivity contribution in [2.45, 2.75) is 46.2 Å². The van der Waals surface area contributed by atoms with E-state index in [1.54, 1.807) is 7.11 Å². The molecule has 0 atom stereocenters. The molecule has 0 bridgehead atoms. The fourth-order valence-electron chi connectivity index (χ4n) is 1.49. The van der Waals surface area contributed by atoms with Crippen LogP contribution in [-0.4, -0.2) is 29.7 Å². The van der Waals surface area contributed by atoms with Crippen LogP contribution in [0.3, 0.4) is 0 Å². The molecule has 0 saturated carbocycles. The minimum atomic E-state index is 0.473. The molecule has 0 saturated heterocycles. The van der Waals surface area contributed by atoms with Crippen LogP contribution in [0.15, 0.2) is 6.20 Å². The van der Waals surface area contributed by atoms with Gasteiger partial charge in [-0.15, -0.1) is 0 Å². The molecule has 96 valence electrons. The molecule has 0 aliphatic rings. The largest absolute Gasteiger partial charge is 0.385 e. The Balaban J connectivity index is 2.59. The van der Waals surface area contributed by atoms with E-state index in [-0.39, 0.29) is 0 Å². The first kappa shape index (κ1) is 14.1. The predicted molar refractivity (Wildman–Crippen MR) is 68.9 cm³/mol. The van der Waals surface area contributed by atoms with Crippen molar-refractivity contribution in [3.05, 3.63) is 23.3 Å². The zero-order valence-corrected chi connectivity index (χ0v) is 11.3. The van der Waals surface area contributed by atoms with Crippen molar-refractivity contribution in [1.82, 2.24) is 15.3 Å². The van der Waals surface area contributed by atoms with Crippen molar-refractivity contribution in [3.8, 4) is 0 Å². The van der Waals surface area contributed by atoms with Crippen LogP contribution < -0.4 is 5.32 Å². The number of ether oxygens (including phenoxy) is 1. The van der Waals surface area contributed by atoms with Gasteiger partial charge in [0.2, 0.25) is 0 Å². The van der Waals surface area contributed by atoms with Crippen molar-refractivity contribution in [1.29, 1.82) is 0 Å². The van der Waals surface area contributed by atoms with Crippen LogP contribution in [0.1, 0.15) is 37.4 Å². The molecular weight excluding hydrogens is 214 g/mol. The first-order chi connectivity index (χ1) is 8.13. The predicted octanol–water partition coefficient (Wildman–Crippen LogP) is 1.86. The quantitative estimate of drug-likeness (QED) is 0.735. The Morgan fingerprint density at radius 1 is 1.41 bits per heavy atom. The van der Waals surface area contributed by atoms with Crippen LogP contribution >= 0.6 is 0 Å². The molecule has 17 heavy (non-hydrogen) atoms. The molecule has 0 aliphatic carbocycles. The summed E-state index contributed by atoms with van der Waals surface area (Å²) in [5, 5.41) is 3.38. The van der Waals surface area contributed by atoms with E-state index in [0.29, 0.717) is 6.04 Å². The number of aryl methyl sites for hydroxylation is 2. The summed E-state index contributed by atoms with van der Waals surface area (Å²) in [6.07, 6.45) is 3.76. The lowest BCUT2D eigenvalue weighted by atomic mass is 10.2. The molecule has 0 aromatic carbocycles. The standard InChI is InChI=1S/C13H23N3O/c1-10(2)14-9-12-11(3)8-15-13(16-12)6-5-7-17-4/h8,10,14H,5-7,9H2,1-4H3. The summed E-state index contributed by atoms with van der Waals surface area (Å²) in [5.41, 5.74) is 2.25. The molecule has 0 unspecified atom stereocenters. The van der Waals surface area contributed by atoms with Gasteiger partial charge in [-0.1, -0.05) is 13.8 Å². The highest BCUT2D eigenvalue weighted by Gasteiger charge is 2.04. The Kier molecular flexibility index (Phi) is 6.08. The summed E-state index contributed by atoms with van der Waals surface area (Å²) in [6.45, 7) is 7.89. The van der Waals surface area contributed by atoms with Gasteiger partial charge in [0.1, 0.15) is 5.82 Å². The van der Waals surface area contributed by atoms with Crippen molar-refractivity contribution in [2.24, 2.45) is 0 Å². The topological polar surface area (TPSA) is 47.0 Å². The SMILES string of the molecule is COCCCc1ncc(C)c(CNC(C)C)n1. The van der Waals surface area contributed by atoms with Gasteiger partial charge in [-0.3, -0.25) is 0 Å². The number of hydrogen-bond donors (Lipinski definition) is 1. The number of nitrogens with one attached hydrogen (secondary N) is 1. The molecule has 0 aliphatic heterocycles. The maximum atomic E-state index is 5.03. The fourth-order valence-corrected chi connectivity index (χ4v) is 1.49. The van der Waals surface area contributed by atoms with Gasteiger partial charge in [0, 0.05) is 38.9 Å². The van der Waals surface area contributed by atoms with Gasteiger partial charge in [-0.25, -0.2) is 9.97 Å². The van der Waals surface area contributed by atoms with Gasteiger partial charge in [-0.05, 0) is 18.9 Å². The normalized spacial score (nSPS) is 11.1. The Hall–Kier alpha value is -1.00. The zero-order valence-electron chi connectivity index (χ0n) is 11.3. The monoisotopic (exact) mass is 237 g/mol. The van der Waals surface area contributed by atoms with Crippen LogP contribution in [0.5, 0.6) is 0 Å². The molecule has 1 aromatic rings. The Morgan fingerprint density at radius 3 is 2.82 bits per heavy atom. The van der Waals surface area contributed by atoms with E-state index in [4.69, 9.17) is 4.74 Å². The van der Waals surface area contributed by atoms with Crippen molar-refractivity contribution >= 4 is 0 Å². The maximum Gasteiger partial charge on any atom is 0.128 e. The van der Waals surface area contributed by atoms with Crippen molar-refractivity contribution in [3.63, 3.8) is 0 Å². The summed E-state index contributed by atoms with van der Waals surface area (Å²) >= 11 is 0. The summed E-state index contributed by atoms with van der Waals surface area (Å²) in [4.78, 5) is 8.93. The van der Waals surface area contributed by atoms with Crippen molar-refractivity contribution in [2.75, 3.05) is 13.7 Å². The lowest BCUT2D eigenvalue weighted by Gasteiger charge is -2.10. The Morgan fingerprint density at radius 2 is 2.18 bits per heavy atom. The first-order valence-electron chi connectivity index (χ1n) is 6.17. The smallest absolute Gasteiger partial charge is 0.128 e. The second-order valence-electron chi connectivity index (χ2n) is 4.55. The summed E-state index contributed by atoms with van der Waals surface area (Å²) < 4.78 is 5.03. The van der Waals surface area contributed by atoms with E-state index in [1.165, 1.54) is 0 Å². The number of methoxy groups -OCH3 is 1. The highest BCUT2D eigenvalue weighted by atomic mass is 16.5. The van der Waals surface area contributed by atoms with Gasteiger partial charge >= 0.3 is 0 Å². The lowest BCUT2D eigenvalue weighted by molar-refractivity contribution is 0.194. The Labute approximate surface area is 104 Å². The Bertz CT molecular complexity index is 339. The van der Waals surface area contributed by atoms with Gasteiger partial charge in [0.05, 0.1) is 5.69 Å². The third kappa shape index (κ3) is 5.24. The maximum absolute atomic E-state index is 5.03. The third-order valence-corrected chi connectivity index (χ3v) is 2.55. The summed E-state index contributed by atoms with van der Waals surface area (Å²) in [6, 6.07) is 0.473. The summed E-state index contributed by atoms with van der Waals surface area (Å²) in [7, 11) is 1.72. The van der Waals surface area contributed by atoms with E-state index >= 15 is 0 Å². The molecule has 0 radical (unpaired) electrons. The number of rotatable bonds is 7. The first-order valence-corrected chi connectivity index (χ1v) is 6.17. The van der Waals surface area contributed by atoms with Crippen molar-refractivity contribution < 1.29 is 4.74 Å². The van der Waals surface area contributed by atoms with Crippen LogP contribution in [0.25, 0.3) is 0 Å². The van der Waals surface area contributed by atoms with Crippen LogP contribution in [0.4, 0.5) is 0 Å².